The van der Waals surface area contributed by atoms with Crippen LogP contribution in [0, 0.1) is 5.82 Å². The van der Waals surface area contributed by atoms with Crippen LogP contribution < -0.4 is 4.90 Å². The molecule has 0 atom stereocenters. The van der Waals surface area contributed by atoms with Crippen LogP contribution in [0.1, 0.15) is 16.1 Å². The van der Waals surface area contributed by atoms with Crippen molar-refractivity contribution in [3.8, 4) is 11.3 Å². The molecule has 1 saturated heterocycles. The first-order valence-electron chi connectivity index (χ1n) is 8.82. The van der Waals surface area contributed by atoms with Gasteiger partial charge in [0.1, 0.15) is 22.5 Å². The Kier molecular flexibility index (Phi) is 5.27. The molecular weight excluding hydrogens is 403 g/mol. The van der Waals surface area contributed by atoms with Crippen LogP contribution in [-0.4, -0.2) is 57.4 Å². The van der Waals surface area contributed by atoms with E-state index in [0.717, 1.165) is 0 Å². The molecule has 0 amide bonds. The molecule has 0 aliphatic carbocycles. The number of ether oxygens (including phenoxy) is 1. The lowest BCUT2D eigenvalue weighted by Crippen LogP contribution is -2.37. The summed E-state index contributed by atoms with van der Waals surface area (Å²) in [5, 5.41) is 18.9. The zero-order valence-electron chi connectivity index (χ0n) is 15.1. The van der Waals surface area contributed by atoms with E-state index in [9.17, 15) is 19.4 Å². The predicted molar refractivity (Wildman–Crippen MR) is 104 cm³/mol. The zero-order chi connectivity index (χ0) is 20.5. The van der Waals surface area contributed by atoms with Crippen LogP contribution >= 0.6 is 11.6 Å². The van der Waals surface area contributed by atoms with E-state index in [-0.39, 0.29) is 27.3 Å². The van der Waals surface area contributed by atoms with Crippen LogP contribution in [0.2, 0.25) is 5.02 Å². The average molecular weight is 419 g/mol. The van der Waals surface area contributed by atoms with Gasteiger partial charge in [0.15, 0.2) is 5.69 Å². The van der Waals surface area contributed by atoms with Gasteiger partial charge in [-0.25, -0.2) is 24.1 Å². The number of carbonyl (C=O) groups is 1. The summed E-state index contributed by atoms with van der Waals surface area (Å²) in [6, 6.07) is 5.38. The molecule has 2 N–H and O–H groups in total. The number of nitrogens with zero attached hydrogens (tertiary/aromatic N) is 4. The maximum Gasteiger partial charge on any atom is 0.354 e. The second kappa shape index (κ2) is 7.86. The monoisotopic (exact) mass is 418 g/mol. The summed E-state index contributed by atoms with van der Waals surface area (Å²) in [5.74, 6) is -1.41. The summed E-state index contributed by atoms with van der Waals surface area (Å²) >= 11 is 6.32. The van der Waals surface area contributed by atoms with E-state index in [1.54, 1.807) is 0 Å². The number of pyridine rings is 1. The molecule has 3 heterocycles. The Balaban J connectivity index is 1.99. The van der Waals surface area contributed by atoms with Gasteiger partial charge >= 0.3 is 5.97 Å². The highest BCUT2D eigenvalue weighted by molar-refractivity contribution is 6.35. The minimum Gasteiger partial charge on any atom is -0.477 e. The van der Waals surface area contributed by atoms with E-state index in [2.05, 4.69) is 15.0 Å². The molecule has 4 rings (SSSR count). The van der Waals surface area contributed by atoms with Crippen LogP contribution in [0.15, 0.2) is 24.3 Å². The van der Waals surface area contributed by atoms with Crippen LogP contribution in [0.25, 0.3) is 22.3 Å². The summed E-state index contributed by atoms with van der Waals surface area (Å²) in [5.41, 5.74) is 1.07. The van der Waals surface area contributed by atoms with Crippen LogP contribution in [-0.2, 0) is 11.3 Å². The third kappa shape index (κ3) is 3.71. The minimum absolute atomic E-state index is 0.0858. The van der Waals surface area contributed by atoms with Gasteiger partial charge in [0.05, 0.1) is 24.8 Å². The van der Waals surface area contributed by atoms with Gasteiger partial charge in [-0.05, 0) is 24.3 Å². The largest absolute Gasteiger partial charge is 0.477 e. The second-order valence-electron chi connectivity index (χ2n) is 6.43. The molecule has 0 radical (unpaired) electrons. The molecule has 0 bridgehead atoms. The summed E-state index contributed by atoms with van der Waals surface area (Å²) in [6.07, 6.45) is 0. The number of fused-ring (bicyclic) bond motifs is 1. The lowest BCUT2D eigenvalue weighted by Gasteiger charge is -2.27. The number of aromatic nitrogens is 3. The van der Waals surface area contributed by atoms with E-state index in [1.165, 1.54) is 24.3 Å². The highest BCUT2D eigenvalue weighted by Crippen LogP contribution is 2.32. The van der Waals surface area contributed by atoms with E-state index >= 15 is 0 Å². The number of benzene rings is 1. The molecule has 8 nitrogen and oxygen atoms in total. The number of aliphatic hydroxyl groups is 1. The Morgan fingerprint density at radius 2 is 1.93 bits per heavy atom. The van der Waals surface area contributed by atoms with Crippen molar-refractivity contribution in [3.05, 3.63) is 46.4 Å². The number of aliphatic hydroxyl groups excluding tert-OH is 1. The molecule has 1 aliphatic heterocycles. The van der Waals surface area contributed by atoms with Crippen molar-refractivity contribution in [2.45, 2.75) is 6.61 Å². The highest BCUT2D eigenvalue weighted by Gasteiger charge is 2.21. The quantitative estimate of drug-likeness (QED) is 0.665. The van der Waals surface area contributed by atoms with Crippen molar-refractivity contribution < 1.29 is 24.1 Å². The standard InChI is InChI=1S/C19H16ClFN4O4/c20-12-8-14(18(27)28)22-17-15(10-1-2-13(21)11(7-10)9-26)23-19(24-16(12)17)25-3-5-29-6-4-25/h1-2,7-8,26H,3-6,9H2,(H,27,28). The molecule has 0 spiro atoms. The average Bonchev–Trinajstić information content (AvgIpc) is 2.74. The first kappa shape index (κ1) is 19.4. The second-order valence-corrected chi connectivity index (χ2v) is 6.83. The molecular formula is C19H16ClFN4O4. The molecule has 150 valence electrons. The number of hydrogen-bond acceptors (Lipinski definition) is 7. The van der Waals surface area contributed by atoms with E-state index in [0.29, 0.717) is 43.5 Å². The minimum atomic E-state index is -1.24. The van der Waals surface area contributed by atoms with E-state index in [1.807, 2.05) is 4.90 Å². The Morgan fingerprint density at radius 1 is 1.17 bits per heavy atom. The normalized spacial score (nSPS) is 14.4. The molecule has 0 saturated carbocycles. The van der Waals surface area contributed by atoms with Crippen molar-refractivity contribution in [1.82, 2.24) is 15.0 Å². The molecule has 2 aromatic heterocycles. The first-order valence-corrected chi connectivity index (χ1v) is 9.19. The number of carboxylic acids is 1. The Bertz CT molecular complexity index is 1110. The summed E-state index contributed by atoms with van der Waals surface area (Å²) in [6.45, 7) is 1.70. The predicted octanol–water partition coefficient (Wildman–Crippen LogP) is 2.51. The number of anilines is 1. The Labute approximate surface area is 169 Å². The van der Waals surface area contributed by atoms with Crippen molar-refractivity contribution in [1.29, 1.82) is 0 Å². The fourth-order valence-electron chi connectivity index (χ4n) is 3.12. The van der Waals surface area contributed by atoms with Gasteiger partial charge in [-0.1, -0.05) is 11.6 Å². The summed E-state index contributed by atoms with van der Waals surface area (Å²) in [4.78, 5) is 26.6. The lowest BCUT2D eigenvalue weighted by atomic mass is 10.1. The number of aromatic carboxylic acids is 1. The number of hydrogen-bond donors (Lipinski definition) is 2. The summed E-state index contributed by atoms with van der Waals surface area (Å²) < 4.78 is 19.2. The van der Waals surface area contributed by atoms with Crippen LogP contribution in [0.5, 0.6) is 0 Å². The van der Waals surface area contributed by atoms with Gasteiger partial charge in [-0.3, -0.25) is 0 Å². The number of morpholine rings is 1. The number of carboxylic acid groups (broad SMARTS) is 1. The number of halogens is 2. The third-order valence-corrected chi connectivity index (χ3v) is 4.88. The third-order valence-electron chi connectivity index (χ3n) is 4.60. The van der Waals surface area contributed by atoms with Crippen molar-refractivity contribution >= 4 is 34.6 Å². The maximum absolute atomic E-state index is 13.9. The fourth-order valence-corrected chi connectivity index (χ4v) is 3.35. The lowest BCUT2D eigenvalue weighted by molar-refractivity contribution is 0.0691. The molecule has 0 unspecified atom stereocenters. The topological polar surface area (TPSA) is 109 Å². The Morgan fingerprint density at radius 3 is 2.62 bits per heavy atom. The Hall–Kier alpha value is -2.88. The van der Waals surface area contributed by atoms with Crippen LogP contribution in [0.3, 0.4) is 0 Å². The molecule has 1 aromatic carbocycles. The van der Waals surface area contributed by atoms with Gasteiger partial charge < -0.3 is 19.8 Å². The molecule has 3 aromatic rings. The summed E-state index contributed by atoms with van der Waals surface area (Å²) in [7, 11) is 0. The smallest absolute Gasteiger partial charge is 0.354 e. The van der Waals surface area contributed by atoms with E-state index < -0.39 is 18.4 Å². The van der Waals surface area contributed by atoms with Gasteiger partial charge in [0, 0.05) is 24.2 Å². The zero-order valence-corrected chi connectivity index (χ0v) is 15.9. The van der Waals surface area contributed by atoms with Crippen molar-refractivity contribution in [2.24, 2.45) is 0 Å². The van der Waals surface area contributed by atoms with Gasteiger partial charge in [-0.15, -0.1) is 0 Å². The fraction of sp³-hybridized carbons (Fsp3) is 0.263. The maximum atomic E-state index is 13.9. The number of rotatable bonds is 4. The SMILES string of the molecule is O=C(O)c1cc(Cl)c2nc(N3CCOCC3)nc(-c3ccc(F)c(CO)c3)c2n1. The van der Waals surface area contributed by atoms with Crippen LogP contribution in [0.4, 0.5) is 10.3 Å². The van der Waals surface area contributed by atoms with E-state index in [4.69, 9.17) is 16.3 Å². The highest BCUT2D eigenvalue weighted by atomic mass is 35.5. The van der Waals surface area contributed by atoms with Crippen molar-refractivity contribution in [2.75, 3.05) is 31.2 Å². The molecule has 1 fully saturated rings. The van der Waals surface area contributed by atoms with Gasteiger partial charge in [0.25, 0.3) is 0 Å². The molecule has 1 aliphatic rings. The van der Waals surface area contributed by atoms with Gasteiger partial charge in [0.2, 0.25) is 5.95 Å². The van der Waals surface area contributed by atoms with Gasteiger partial charge in [-0.2, -0.15) is 0 Å². The molecule has 10 heteroatoms. The first-order chi connectivity index (χ1) is 14.0. The van der Waals surface area contributed by atoms with Crippen molar-refractivity contribution in [3.63, 3.8) is 0 Å². The molecule has 29 heavy (non-hydrogen) atoms.